The van der Waals surface area contributed by atoms with Crippen molar-refractivity contribution in [1.82, 2.24) is 15.5 Å². The number of rotatable bonds is 7. The van der Waals surface area contributed by atoms with Crippen LogP contribution in [0.25, 0.3) is 0 Å². The molecule has 5 nitrogen and oxygen atoms in total. The number of nitrogens with one attached hydrogen (secondary N) is 2. The first-order valence-corrected chi connectivity index (χ1v) is 10.1. The minimum atomic E-state index is -0.371. The number of amides is 2. The average Bonchev–Trinajstić information content (AvgIpc) is 3.12. The molecule has 136 valence electrons. The van der Waals surface area contributed by atoms with Crippen molar-refractivity contribution in [2.45, 2.75) is 51.1 Å². The lowest BCUT2D eigenvalue weighted by molar-refractivity contribution is -0.134. The predicted molar refractivity (Wildman–Crippen MR) is 100 cm³/mol. The Labute approximate surface area is 153 Å². The van der Waals surface area contributed by atoms with E-state index in [0.29, 0.717) is 13.1 Å². The van der Waals surface area contributed by atoms with E-state index < -0.39 is 0 Å². The summed E-state index contributed by atoms with van der Waals surface area (Å²) in [6.07, 6.45) is 8.36. The molecule has 1 atom stereocenters. The maximum atomic E-state index is 12.3. The van der Waals surface area contributed by atoms with E-state index in [9.17, 15) is 9.59 Å². The van der Waals surface area contributed by atoms with E-state index in [1.165, 1.54) is 29.7 Å². The molecule has 0 saturated carbocycles. The second-order valence-electron chi connectivity index (χ2n) is 6.77. The molecule has 0 aromatic carbocycles. The third-order valence-corrected chi connectivity index (χ3v) is 5.77. The van der Waals surface area contributed by atoms with Crippen LogP contribution in [0.4, 0.5) is 0 Å². The van der Waals surface area contributed by atoms with Gasteiger partial charge >= 0.3 is 0 Å². The van der Waals surface area contributed by atoms with Crippen molar-refractivity contribution in [1.29, 1.82) is 0 Å². The summed E-state index contributed by atoms with van der Waals surface area (Å²) in [5.74, 6) is -0.0671. The van der Waals surface area contributed by atoms with Gasteiger partial charge in [-0.05, 0) is 43.6 Å². The Kier molecular flexibility index (Phi) is 6.64. The van der Waals surface area contributed by atoms with E-state index in [1.807, 2.05) is 11.4 Å². The predicted octanol–water partition coefficient (Wildman–Crippen LogP) is 2.45. The van der Waals surface area contributed by atoms with Crippen LogP contribution in [0.3, 0.4) is 0 Å². The average molecular weight is 362 g/mol. The number of carbonyl (C=O) groups is 2. The van der Waals surface area contributed by atoms with Gasteiger partial charge in [-0.1, -0.05) is 17.7 Å². The van der Waals surface area contributed by atoms with Gasteiger partial charge in [0, 0.05) is 31.1 Å². The van der Waals surface area contributed by atoms with Gasteiger partial charge in [-0.15, -0.1) is 11.3 Å². The number of piperazine rings is 1. The molecular formula is C19H27N3O2S. The molecule has 0 bridgehead atoms. The van der Waals surface area contributed by atoms with Gasteiger partial charge in [0.05, 0.1) is 12.5 Å². The number of carbonyl (C=O) groups excluding carboxylic acids is 2. The smallest absolute Gasteiger partial charge is 0.237 e. The fourth-order valence-electron chi connectivity index (χ4n) is 3.52. The molecule has 2 amide bonds. The van der Waals surface area contributed by atoms with Crippen molar-refractivity contribution in [3.05, 3.63) is 34.0 Å². The van der Waals surface area contributed by atoms with E-state index in [1.54, 1.807) is 11.3 Å². The second-order valence-corrected chi connectivity index (χ2v) is 7.80. The largest absolute Gasteiger partial charge is 0.356 e. The van der Waals surface area contributed by atoms with Gasteiger partial charge in [-0.3, -0.25) is 14.5 Å². The molecule has 2 heterocycles. The highest BCUT2D eigenvalue weighted by atomic mass is 32.1. The Balaban J connectivity index is 1.48. The van der Waals surface area contributed by atoms with E-state index >= 15 is 0 Å². The van der Waals surface area contributed by atoms with Crippen LogP contribution in [-0.2, 0) is 16.1 Å². The maximum absolute atomic E-state index is 12.3. The van der Waals surface area contributed by atoms with Crippen molar-refractivity contribution < 1.29 is 9.59 Å². The highest BCUT2D eigenvalue weighted by molar-refractivity contribution is 7.09. The Morgan fingerprint density at radius 2 is 2.32 bits per heavy atom. The van der Waals surface area contributed by atoms with Crippen molar-refractivity contribution in [3.8, 4) is 0 Å². The van der Waals surface area contributed by atoms with Crippen molar-refractivity contribution in [2.24, 2.45) is 0 Å². The van der Waals surface area contributed by atoms with Crippen LogP contribution in [0.15, 0.2) is 29.2 Å². The summed E-state index contributed by atoms with van der Waals surface area (Å²) in [7, 11) is 0. The molecule has 1 unspecified atom stereocenters. The zero-order valence-corrected chi connectivity index (χ0v) is 15.4. The van der Waals surface area contributed by atoms with Crippen LogP contribution in [0.5, 0.6) is 0 Å². The normalized spacial score (nSPS) is 21.5. The molecular weight excluding hydrogens is 334 g/mol. The first-order valence-electron chi connectivity index (χ1n) is 9.21. The zero-order valence-electron chi connectivity index (χ0n) is 14.6. The maximum Gasteiger partial charge on any atom is 0.237 e. The monoisotopic (exact) mass is 361 g/mol. The number of hydrogen-bond donors (Lipinski definition) is 2. The summed E-state index contributed by atoms with van der Waals surface area (Å²) < 4.78 is 0. The Hall–Kier alpha value is -1.66. The van der Waals surface area contributed by atoms with Crippen LogP contribution in [0, 0.1) is 0 Å². The Morgan fingerprint density at radius 3 is 3.08 bits per heavy atom. The highest BCUT2D eigenvalue weighted by Gasteiger charge is 2.31. The lowest BCUT2D eigenvalue weighted by Crippen LogP contribution is -2.56. The fourth-order valence-corrected chi connectivity index (χ4v) is 4.25. The lowest BCUT2D eigenvalue weighted by atomic mass is 9.97. The SMILES string of the molecule is O=C(CC1C(=O)NCCN1Cc1cccs1)NCCC1=CCCCC1. The summed E-state index contributed by atoms with van der Waals surface area (Å²) in [4.78, 5) is 27.9. The molecule has 2 N–H and O–H groups in total. The number of hydrogen-bond acceptors (Lipinski definition) is 4. The molecule has 25 heavy (non-hydrogen) atoms. The minimum Gasteiger partial charge on any atom is -0.356 e. The standard InChI is InChI=1S/C19H27N3O2S/c23-18(20-9-8-15-5-2-1-3-6-15)13-17-19(24)21-10-11-22(17)14-16-7-4-12-25-16/h4-5,7,12,17H,1-3,6,8-11,13-14H2,(H,20,23)(H,21,24). The molecule has 6 heteroatoms. The summed E-state index contributed by atoms with van der Waals surface area (Å²) in [6, 6.07) is 3.72. The van der Waals surface area contributed by atoms with Crippen LogP contribution >= 0.6 is 11.3 Å². The fraction of sp³-hybridized carbons (Fsp3) is 0.579. The molecule has 1 aromatic rings. The van der Waals surface area contributed by atoms with Crippen molar-refractivity contribution in [3.63, 3.8) is 0 Å². The van der Waals surface area contributed by atoms with Crippen molar-refractivity contribution in [2.75, 3.05) is 19.6 Å². The molecule has 1 fully saturated rings. The molecule has 1 aromatic heterocycles. The Morgan fingerprint density at radius 1 is 1.40 bits per heavy atom. The van der Waals surface area contributed by atoms with Gasteiger partial charge in [-0.25, -0.2) is 0 Å². The van der Waals surface area contributed by atoms with Gasteiger partial charge in [0.25, 0.3) is 0 Å². The van der Waals surface area contributed by atoms with Crippen molar-refractivity contribution >= 4 is 23.2 Å². The molecule has 1 saturated heterocycles. The van der Waals surface area contributed by atoms with Gasteiger partial charge in [0.15, 0.2) is 0 Å². The summed E-state index contributed by atoms with van der Waals surface area (Å²) in [5, 5.41) is 7.92. The van der Waals surface area contributed by atoms with Gasteiger partial charge in [0.2, 0.25) is 11.8 Å². The van der Waals surface area contributed by atoms with Crippen LogP contribution in [0.1, 0.15) is 43.4 Å². The third kappa shape index (κ3) is 5.41. The minimum absolute atomic E-state index is 0.0327. The quantitative estimate of drug-likeness (QED) is 0.734. The Bertz CT molecular complexity index is 612. The van der Waals surface area contributed by atoms with Gasteiger partial charge in [-0.2, -0.15) is 0 Å². The first kappa shape index (κ1) is 18.1. The molecule has 2 aliphatic rings. The number of thiophene rings is 1. The van der Waals surface area contributed by atoms with E-state index in [-0.39, 0.29) is 24.3 Å². The lowest BCUT2D eigenvalue weighted by Gasteiger charge is -2.34. The summed E-state index contributed by atoms with van der Waals surface area (Å²) in [6.45, 7) is 2.84. The van der Waals surface area contributed by atoms with Crippen LogP contribution < -0.4 is 10.6 Å². The first-order chi connectivity index (χ1) is 12.2. The van der Waals surface area contributed by atoms with E-state index in [0.717, 1.165) is 25.9 Å². The highest BCUT2D eigenvalue weighted by Crippen LogP contribution is 2.20. The molecule has 3 rings (SSSR count). The molecule has 1 aliphatic carbocycles. The summed E-state index contributed by atoms with van der Waals surface area (Å²) >= 11 is 1.69. The van der Waals surface area contributed by atoms with E-state index in [4.69, 9.17) is 0 Å². The topological polar surface area (TPSA) is 61.4 Å². The molecule has 0 spiro atoms. The summed E-state index contributed by atoms with van der Waals surface area (Å²) in [5.41, 5.74) is 1.46. The number of nitrogens with zero attached hydrogens (tertiary/aromatic N) is 1. The van der Waals surface area contributed by atoms with Gasteiger partial charge in [0.1, 0.15) is 0 Å². The zero-order chi connectivity index (χ0) is 17.5. The molecule has 0 radical (unpaired) electrons. The van der Waals surface area contributed by atoms with Gasteiger partial charge < -0.3 is 10.6 Å². The van der Waals surface area contributed by atoms with Crippen LogP contribution in [0.2, 0.25) is 0 Å². The third-order valence-electron chi connectivity index (χ3n) is 4.91. The molecule has 1 aliphatic heterocycles. The second kappa shape index (κ2) is 9.15. The van der Waals surface area contributed by atoms with Crippen LogP contribution in [-0.4, -0.2) is 42.4 Å². The number of allylic oxidation sites excluding steroid dienone is 1. The van der Waals surface area contributed by atoms with E-state index in [2.05, 4.69) is 27.7 Å².